The summed E-state index contributed by atoms with van der Waals surface area (Å²) in [5.41, 5.74) is 0. The summed E-state index contributed by atoms with van der Waals surface area (Å²) in [6.07, 6.45) is 47.2. The highest BCUT2D eigenvalue weighted by molar-refractivity contribution is 7.47. The Bertz CT molecular complexity index is 1350. The van der Waals surface area contributed by atoms with Gasteiger partial charge in [-0.15, -0.1) is 0 Å². The van der Waals surface area contributed by atoms with E-state index in [9.17, 15) is 24.2 Å². The number of unbranched alkanes of at least 4 members (excludes halogenated alkanes) is 5. The van der Waals surface area contributed by atoms with Crippen molar-refractivity contribution in [2.75, 3.05) is 26.4 Å². The lowest BCUT2D eigenvalue weighted by Gasteiger charge is -2.20. The summed E-state index contributed by atoms with van der Waals surface area (Å²) in [6.45, 7) is 2.07. The topological polar surface area (TPSA) is 161 Å². The zero-order valence-electron chi connectivity index (χ0n) is 35.2. The van der Waals surface area contributed by atoms with E-state index >= 15 is 0 Å². The summed E-state index contributed by atoms with van der Waals surface area (Å²) in [5, 5.41) is 18.3. The van der Waals surface area contributed by atoms with Crippen molar-refractivity contribution in [2.45, 2.75) is 154 Å². The first-order valence-electron chi connectivity index (χ1n) is 21.3. The first-order chi connectivity index (χ1) is 28.2. The Morgan fingerprint density at radius 3 is 1.67 bits per heavy atom. The second-order valence-corrected chi connectivity index (χ2v) is 15.5. The maximum Gasteiger partial charge on any atom is 0.472 e. The van der Waals surface area contributed by atoms with Gasteiger partial charge in [-0.3, -0.25) is 18.6 Å². The minimum Gasteiger partial charge on any atom is -0.462 e. The van der Waals surface area contributed by atoms with E-state index in [0.29, 0.717) is 25.0 Å². The Morgan fingerprint density at radius 2 is 1.12 bits per heavy atom. The number of hydrogen-bond acceptors (Lipinski definition) is 10. The van der Waals surface area contributed by atoms with Crippen LogP contribution in [0.15, 0.2) is 97.2 Å². The van der Waals surface area contributed by atoms with E-state index in [4.69, 9.17) is 23.8 Å². The summed E-state index contributed by atoms with van der Waals surface area (Å²) >= 11 is 0. The minimum atomic E-state index is -4.65. The van der Waals surface area contributed by atoms with Crippen LogP contribution in [-0.4, -0.2) is 77.9 Å². The smallest absolute Gasteiger partial charge is 0.462 e. The molecule has 5 atom stereocenters. The number of hydrogen-bond donors (Lipinski definition) is 3. The molecule has 1 heterocycles. The Morgan fingerprint density at radius 1 is 0.621 bits per heavy atom. The SMILES string of the molecule is CC/C=C\CC1OC1C/C=C\C/C=C\C/C=C\C/C=C\CCC(=O)OC[C@H](COP(=O)(O)OC[C@@H](O)CO)OC(=O)CCCC/C=C\C/C=C\C/C=C\CCCCC. The van der Waals surface area contributed by atoms with E-state index in [-0.39, 0.29) is 19.4 Å². The number of phosphoric acid groups is 1. The Hall–Kier alpha value is -3.15. The van der Waals surface area contributed by atoms with Gasteiger partial charge in [-0.1, -0.05) is 124 Å². The molecule has 3 N–H and O–H groups in total. The number of epoxide rings is 1. The van der Waals surface area contributed by atoms with E-state index < -0.39 is 51.8 Å². The van der Waals surface area contributed by atoms with Crippen molar-refractivity contribution in [1.29, 1.82) is 0 Å². The number of allylic oxidation sites excluding steroid dienone is 14. The van der Waals surface area contributed by atoms with Crippen molar-refractivity contribution >= 4 is 19.8 Å². The highest BCUT2D eigenvalue weighted by Crippen LogP contribution is 2.43. The van der Waals surface area contributed by atoms with Crippen molar-refractivity contribution in [3.63, 3.8) is 0 Å². The third kappa shape index (κ3) is 33.8. The van der Waals surface area contributed by atoms with Crippen molar-refractivity contribution in [3.8, 4) is 0 Å². The zero-order valence-corrected chi connectivity index (χ0v) is 36.1. The molecule has 12 heteroatoms. The van der Waals surface area contributed by atoms with Crippen molar-refractivity contribution in [1.82, 2.24) is 0 Å². The minimum absolute atomic E-state index is 0.0988. The van der Waals surface area contributed by atoms with Crippen molar-refractivity contribution in [2.24, 2.45) is 0 Å². The number of aliphatic hydroxyl groups excluding tert-OH is 2. The van der Waals surface area contributed by atoms with Gasteiger partial charge in [0.25, 0.3) is 0 Å². The first kappa shape index (κ1) is 52.9. The summed E-state index contributed by atoms with van der Waals surface area (Å²) < 4.78 is 38.2. The van der Waals surface area contributed by atoms with Crippen LogP contribution in [0.2, 0.25) is 0 Å². The average molecular weight is 833 g/mol. The molecule has 1 saturated heterocycles. The second-order valence-electron chi connectivity index (χ2n) is 14.0. The number of aliphatic hydroxyl groups is 2. The summed E-state index contributed by atoms with van der Waals surface area (Å²) in [5.74, 6) is -1.08. The highest BCUT2D eigenvalue weighted by Gasteiger charge is 2.36. The number of esters is 2. The van der Waals surface area contributed by atoms with E-state index in [1.54, 1.807) is 0 Å². The summed E-state index contributed by atoms with van der Waals surface area (Å²) in [7, 11) is -4.65. The maximum absolute atomic E-state index is 12.6. The van der Waals surface area contributed by atoms with E-state index in [0.717, 1.165) is 70.6 Å². The molecule has 328 valence electrons. The van der Waals surface area contributed by atoms with Crippen LogP contribution in [0.5, 0.6) is 0 Å². The van der Waals surface area contributed by atoms with Gasteiger partial charge in [0, 0.05) is 12.8 Å². The van der Waals surface area contributed by atoms with Crippen LogP contribution in [0.3, 0.4) is 0 Å². The predicted octanol–water partition coefficient (Wildman–Crippen LogP) is 10.2. The molecule has 3 unspecified atom stereocenters. The second kappa shape index (κ2) is 36.9. The van der Waals surface area contributed by atoms with Gasteiger partial charge in [0.1, 0.15) is 12.7 Å². The van der Waals surface area contributed by atoms with Crippen LogP contribution in [0.4, 0.5) is 0 Å². The summed E-state index contributed by atoms with van der Waals surface area (Å²) in [6, 6.07) is 0. The molecule has 1 aliphatic heterocycles. The quantitative estimate of drug-likeness (QED) is 0.0180. The number of ether oxygens (including phenoxy) is 3. The lowest BCUT2D eigenvalue weighted by atomic mass is 10.1. The van der Waals surface area contributed by atoms with Gasteiger partial charge in [-0.2, -0.15) is 0 Å². The van der Waals surface area contributed by atoms with Crippen LogP contribution in [-0.2, 0) is 37.4 Å². The molecule has 0 radical (unpaired) electrons. The van der Waals surface area contributed by atoms with Crippen LogP contribution in [0.1, 0.15) is 129 Å². The fourth-order valence-electron chi connectivity index (χ4n) is 5.24. The largest absolute Gasteiger partial charge is 0.472 e. The van der Waals surface area contributed by atoms with Gasteiger partial charge in [0.15, 0.2) is 6.10 Å². The maximum atomic E-state index is 12.6. The van der Waals surface area contributed by atoms with Gasteiger partial charge >= 0.3 is 19.8 Å². The molecule has 0 aromatic heterocycles. The van der Waals surface area contributed by atoms with E-state index in [1.165, 1.54) is 19.3 Å². The van der Waals surface area contributed by atoms with Crippen molar-refractivity contribution in [3.05, 3.63) is 97.2 Å². The summed E-state index contributed by atoms with van der Waals surface area (Å²) in [4.78, 5) is 34.9. The molecule has 0 aromatic rings. The Balaban J connectivity index is 2.34. The van der Waals surface area contributed by atoms with Gasteiger partial charge < -0.3 is 29.3 Å². The van der Waals surface area contributed by atoms with Gasteiger partial charge in [-0.25, -0.2) is 4.57 Å². The van der Waals surface area contributed by atoms with Crippen LogP contribution in [0, 0.1) is 0 Å². The standard InChI is InChI=1S/C46H73O11P/c1-3-5-7-8-9-10-11-12-13-14-19-22-25-28-32-36-46(50)56-42(40-55-58(51,52)54-38-41(48)37-47)39-53-45(49)35-31-27-24-21-18-16-15-17-20-23-26-30-34-44-43(57-44)33-29-6-4-2/h6,9-10,12-13,16-20,22,24,26-27,29-30,41-44,47-48H,3-5,7-8,11,14-15,21,23,25,28,31-40H2,1-2H3,(H,51,52)/b10-9-,13-12-,18-16-,20-17-,22-19-,27-24-,29-6-,30-26-/t41-,42+,43?,44?/m0/s1. The predicted molar refractivity (Wildman–Crippen MR) is 232 cm³/mol. The van der Waals surface area contributed by atoms with Gasteiger partial charge in [0.05, 0.1) is 32.0 Å². The molecular formula is C46H73O11P. The molecule has 1 fully saturated rings. The molecule has 1 rings (SSSR count). The Labute approximate surface area is 348 Å². The Kier molecular flexibility index (Phi) is 33.6. The normalized spacial score (nSPS) is 18.3. The lowest BCUT2D eigenvalue weighted by Crippen LogP contribution is -2.29. The highest BCUT2D eigenvalue weighted by atomic mass is 31.2. The number of carbonyl (C=O) groups excluding carboxylic acids is 2. The molecule has 0 bridgehead atoms. The average Bonchev–Trinajstić information content (AvgIpc) is 3.97. The van der Waals surface area contributed by atoms with E-state index in [1.807, 2.05) is 12.2 Å². The van der Waals surface area contributed by atoms with Crippen molar-refractivity contribution < 1.29 is 52.5 Å². The first-order valence-corrected chi connectivity index (χ1v) is 22.8. The molecule has 0 amide bonds. The molecule has 0 saturated carbocycles. The molecule has 11 nitrogen and oxygen atoms in total. The van der Waals surface area contributed by atoms with E-state index in [2.05, 4.69) is 103 Å². The monoisotopic (exact) mass is 832 g/mol. The molecular weight excluding hydrogens is 759 g/mol. The van der Waals surface area contributed by atoms with Crippen LogP contribution >= 0.6 is 7.82 Å². The fraction of sp³-hybridized carbons (Fsp3) is 0.609. The van der Waals surface area contributed by atoms with Gasteiger partial charge in [0.2, 0.25) is 0 Å². The van der Waals surface area contributed by atoms with Crippen LogP contribution < -0.4 is 0 Å². The van der Waals surface area contributed by atoms with Gasteiger partial charge in [-0.05, 0) is 89.9 Å². The molecule has 0 spiro atoms. The number of phosphoric ester groups is 1. The van der Waals surface area contributed by atoms with Crippen LogP contribution in [0.25, 0.3) is 0 Å². The molecule has 1 aliphatic rings. The molecule has 0 aliphatic carbocycles. The lowest BCUT2D eigenvalue weighted by molar-refractivity contribution is -0.161. The number of rotatable bonds is 37. The third-order valence-electron chi connectivity index (χ3n) is 8.64. The molecule has 0 aromatic carbocycles. The number of carbonyl (C=O) groups is 2. The third-order valence-corrected chi connectivity index (χ3v) is 9.59. The zero-order chi connectivity index (χ0) is 42.4. The fourth-order valence-corrected chi connectivity index (χ4v) is 6.03. The molecule has 58 heavy (non-hydrogen) atoms.